The van der Waals surface area contributed by atoms with Gasteiger partial charge in [0.1, 0.15) is 6.61 Å². The lowest BCUT2D eigenvalue weighted by Gasteiger charge is -2.19. The zero-order valence-corrected chi connectivity index (χ0v) is 7.15. The zero-order chi connectivity index (χ0) is 8.55. The number of fused-ring (bicyclic) bond motifs is 1. The first-order chi connectivity index (χ1) is 5.75. The van der Waals surface area contributed by atoms with E-state index in [4.69, 9.17) is 22.7 Å². The van der Waals surface area contributed by atoms with Crippen LogP contribution in [0, 0.1) is 0 Å². The van der Waals surface area contributed by atoms with Crippen molar-refractivity contribution in [2.45, 2.75) is 6.61 Å². The monoisotopic (exact) mass is 180 g/mol. The van der Waals surface area contributed by atoms with E-state index < -0.39 is 0 Å². The molecule has 1 heterocycles. The zero-order valence-electron chi connectivity index (χ0n) is 6.33. The third-order valence-electron chi connectivity index (χ3n) is 1.72. The molecule has 4 heteroatoms. The molecule has 3 N–H and O–H groups in total. The Bertz CT molecular complexity index is 338. The molecule has 0 radical (unpaired) electrons. The minimum absolute atomic E-state index is 0.423. The van der Waals surface area contributed by atoms with E-state index in [1.165, 1.54) is 0 Å². The predicted octanol–water partition coefficient (Wildman–Crippen LogP) is 1.50. The van der Waals surface area contributed by atoms with Crippen LogP contribution in [0.2, 0.25) is 0 Å². The van der Waals surface area contributed by atoms with Crippen molar-refractivity contribution in [1.82, 2.24) is 0 Å². The van der Waals surface area contributed by atoms with Gasteiger partial charge in [-0.15, -0.1) is 0 Å². The van der Waals surface area contributed by atoms with Crippen LogP contribution in [0.4, 0.5) is 11.4 Å². The molecule has 0 spiro atoms. The molecular weight excluding hydrogens is 172 g/mol. The highest BCUT2D eigenvalue weighted by Crippen LogP contribution is 2.23. The number of benzene rings is 1. The minimum Gasteiger partial charge on any atom is -0.466 e. The van der Waals surface area contributed by atoms with Gasteiger partial charge in [0.05, 0.1) is 0 Å². The standard InChI is InChI=1S/C8H8N2OS/c9-6-1-2-7-5(3-6)4-11-8(12)10-7/h1-3H,4,9H2,(H,10,12). The first-order valence-corrected chi connectivity index (χ1v) is 3.99. The smallest absolute Gasteiger partial charge is 0.261 e. The first kappa shape index (κ1) is 7.36. The number of nitrogen functional groups attached to an aromatic ring is 1. The number of anilines is 2. The van der Waals surface area contributed by atoms with E-state index in [-0.39, 0.29) is 0 Å². The fourth-order valence-electron chi connectivity index (χ4n) is 1.14. The lowest BCUT2D eigenvalue weighted by atomic mass is 10.1. The van der Waals surface area contributed by atoms with Crippen molar-refractivity contribution < 1.29 is 4.74 Å². The fraction of sp³-hybridized carbons (Fsp3) is 0.125. The fourth-order valence-corrected chi connectivity index (χ4v) is 1.31. The summed E-state index contributed by atoms with van der Waals surface area (Å²) in [6, 6.07) is 5.61. The molecule has 0 saturated carbocycles. The Hall–Kier alpha value is -1.29. The number of hydrogen-bond donors (Lipinski definition) is 2. The van der Waals surface area contributed by atoms with Gasteiger partial charge in [-0.25, -0.2) is 0 Å². The normalized spacial score (nSPS) is 14.5. The maximum absolute atomic E-state index is 5.60. The van der Waals surface area contributed by atoms with Crippen LogP contribution in [0.15, 0.2) is 18.2 Å². The number of rotatable bonds is 0. The highest BCUT2D eigenvalue weighted by Gasteiger charge is 2.11. The minimum atomic E-state index is 0.423. The van der Waals surface area contributed by atoms with Crippen LogP contribution in [0.25, 0.3) is 0 Å². The summed E-state index contributed by atoms with van der Waals surface area (Å²) in [5.74, 6) is 0. The molecule has 1 aromatic rings. The molecule has 0 saturated heterocycles. The van der Waals surface area contributed by atoms with Crippen LogP contribution in [0.5, 0.6) is 0 Å². The van der Waals surface area contributed by atoms with E-state index in [1.807, 2.05) is 18.2 Å². The number of thiocarbonyl (C=S) groups is 1. The number of ether oxygens (including phenoxy) is 1. The summed E-state index contributed by atoms with van der Waals surface area (Å²) in [6.07, 6.45) is 0. The summed E-state index contributed by atoms with van der Waals surface area (Å²) < 4.78 is 5.12. The van der Waals surface area contributed by atoms with Crippen molar-refractivity contribution in [3.63, 3.8) is 0 Å². The molecule has 62 valence electrons. The molecule has 1 aliphatic rings. The van der Waals surface area contributed by atoms with Gasteiger partial charge >= 0.3 is 0 Å². The molecule has 2 rings (SSSR count). The summed E-state index contributed by atoms with van der Waals surface area (Å²) in [5.41, 5.74) is 8.37. The van der Waals surface area contributed by atoms with Gasteiger partial charge in [0.15, 0.2) is 0 Å². The predicted molar refractivity (Wildman–Crippen MR) is 51.9 cm³/mol. The summed E-state index contributed by atoms with van der Waals surface area (Å²) in [7, 11) is 0. The van der Waals surface area contributed by atoms with Gasteiger partial charge in [-0.1, -0.05) is 0 Å². The van der Waals surface area contributed by atoms with Gasteiger partial charge in [-0.05, 0) is 30.4 Å². The van der Waals surface area contributed by atoms with E-state index in [9.17, 15) is 0 Å². The molecule has 1 aliphatic heterocycles. The third kappa shape index (κ3) is 1.21. The summed E-state index contributed by atoms with van der Waals surface area (Å²) >= 11 is 4.85. The van der Waals surface area contributed by atoms with E-state index in [0.717, 1.165) is 16.9 Å². The Morgan fingerprint density at radius 3 is 3.17 bits per heavy atom. The molecule has 0 aliphatic carbocycles. The van der Waals surface area contributed by atoms with Crippen LogP contribution in [0.1, 0.15) is 5.56 Å². The van der Waals surface area contributed by atoms with Crippen molar-refractivity contribution in [2.24, 2.45) is 0 Å². The van der Waals surface area contributed by atoms with Crippen LogP contribution >= 0.6 is 12.2 Å². The van der Waals surface area contributed by atoms with Gasteiger partial charge in [0, 0.05) is 16.9 Å². The Morgan fingerprint density at radius 1 is 1.50 bits per heavy atom. The first-order valence-electron chi connectivity index (χ1n) is 3.58. The van der Waals surface area contributed by atoms with Crippen LogP contribution in [-0.2, 0) is 11.3 Å². The molecular formula is C8H8N2OS. The van der Waals surface area contributed by atoms with E-state index in [2.05, 4.69) is 5.32 Å². The van der Waals surface area contributed by atoms with Crippen molar-refractivity contribution in [1.29, 1.82) is 0 Å². The number of nitrogens with one attached hydrogen (secondary N) is 1. The molecule has 0 aromatic heterocycles. The molecule has 0 amide bonds. The lowest BCUT2D eigenvalue weighted by molar-refractivity contribution is 0.294. The maximum atomic E-state index is 5.60. The Labute approximate surface area is 75.5 Å². The molecule has 1 aromatic carbocycles. The Balaban J connectivity index is 2.43. The second-order valence-electron chi connectivity index (χ2n) is 2.62. The van der Waals surface area contributed by atoms with Crippen molar-refractivity contribution in [3.8, 4) is 0 Å². The van der Waals surface area contributed by atoms with Gasteiger partial charge in [0.25, 0.3) is 5.17 Å². The Kier molecular flexibility index (Phi) is 1.62. The largest absolute Gasteiger partial charge is 0.466 e. The third-order valence-corrected chi connectivity index (χ3v) is 1.94. The van der Waals surface area contributed by atoms with Crippen LogP contribution in [-0.4, -0.2) is 5.17 Å². The SMILES string of the molecule is Nc1ccc2c(c1)COC(=S)N2. The molecule has 0 unspecified atom stereocenters. The van der Waals surface area contributed by atoms with Gasteiger partial charge in [0.2, 0.25) is 0 Å². The van der Waals surface area contributed by atoms with Gasteiger partial charge in [-0.2, -0.15) is 0 Å². The summed E-state index contributed by atoms with van der Waals surface area (Å²) in [5, 5.41) is 3.36. The van der Waals surface area contributed by atoms with Crippen molar-refractivity contribution in [2.75, 3.05) is 11.1 Å². The topological polar surface area (TPSA) is 47.3 Å². The number of nitrogens with two attached hydrogens (primary N) is 1. The van der Waals surface area contributed by atoms with Crippen molar-refractivity contribution in [3.05, 3.63) is 23.8 Å². The molecule has 12 heavy (non-hydrogen) atoms. The second-order valence-corrected chi connectivity index (χ2v) is 2.99. The Morgan fingerprint density at radius 2 is 2.33 bits per heavy atom. The highest BCUT2D eigenvalue weighted by atomic mass is 32.1. The van der Waals surface area contributed by atoms with Gasteiger partial charge < -0.3 is 15.8 Å². The van der Waals surface area contributed by atoms with Gasteiger partial charge in [-0.3, -0.25) is 0 Å². The van der Waals surface area contributed by atoms with Crippen LogP contribution in [0.3, 0.4) is 0 Å². The van der Waals surface area contributed by atoms with Crippen molar-refractivity contribution >= 4 is 28.8 Å². The molecule has 0 fully saturated rings. The maximum Gasteiger partial charge on any atom is 0.261 e. The molecule has 3 nitrogen and oxygen atoms in total. The highest BCUT2D eigenvalue weighted by molar-refractivity contribution is 7.80. The average molecular weight is 180 g/mol. The summed E-state index contributed by atoms with van der Waals surface area (Å²) in [4.78, 5) is 0. The average Bonchev–Trinajstić information content (AvgIpc) is 2.05. The van der Waals surface area contributed by atoms with E-state index >= 15 is 0 Å². The summed E-state index contributed by atoms with van der Waals surface area (Å²) in [6.45, 7) is 0.506. The van der Waals surface area contributed by atoms with E-state index in [1.54, 1.807) is 0 Å². The van der Waals surface area contributed by atoms with Crippen LogP contribution < -0.4 is 11.1 Å². The van der Waals surface area contributed by atoms with E-state index in [0.29, 0.717) is 11.8 Å². The second kappa shape index (κ2) is 2.64. The molecule has 0 atom stereocenters. The number of hydrogen-bond acceptors (Lipinski definition) is 3. The molecule has 0 bridgehead atoms. The quantitative estimate of drug-likeness (QED) is 0.469. The lowest BCUT2D eigenvalue weighted by Crippen LogP contribution is -2.19.